The zero-order valence-corrected chi connectivity index (χ0v) is 13.9. The Bertz CT molecular complexity index is 502. The van der Waals surface area contributed by atoms with Crippen LogP contribution in [0, 0.1) is 5.92 Å². The molecule has 1 aliphatic rings. The Labute approximate surface area is 131 Å². The maximum Gasteiger partial charge on any atom is 0.317 e. The molecular weight excluding hydrogens is 282 g/mol. The number of hydrogen-bond donors (Lipinski definition) is 2. The summed E-state index contributed by atoms with van der Waals surface area (Å²) in [7, 11) is 5.85. The van der Waals surface area contributed by atoms with Gasteiger partial charge in [0, 0.05) is 31.9 Å². The van der Waals surface area contributed by atoms with Gasteiger partial charge in [-0.2, -0.15) is 5.10 Å². The number of urea groups is 1. The number of carbonyl (C=O) groups excluding carboxylic acids is 1. The van der Waals surface area contributed by atoms with Gasteiger partial charge >= 0.3 is 6.03 Å². The van der Waals surface area contributed by atoms with Crippen LogP contribution in [0.5, 0.6) is 0 Å². The average Bonchev–Trinajstić information content (AvgIpc) is 3.04. The van der Waals surface area contributed by atoms with Crippen LogP contribution in [0.2, 0.25) is 0 Å². The van der Waals surface area contributed by atoms with Crippen LogP contribution in [0.3, 0.4) is 0 Å². The largest absolute Gasteiger partial charge is 0.394 e. The number of aryl methyl sites for hydroxylation is 1. The van der Waals surface area contributed by atoms with Gasteiger partial charge in [0.15, 0.2) is 0 Å². The SMILES string of the molecule is C[C@@H]1CCN(C(=O)NC[C@H](c2cnn(C)c2)N(C)C)[C@@H]1CO. The predicted molar refractivity (Wildman–Crippen MR) is 84.4 cm³/mol. The van der Waals surface area contributed by atoms with E-state index in [-0.39, 0.29) is 24.7 Å². The molecule has 2 heterocycles. The summed E-state index contributed by atoms with van der Waals surface area (Å²) in [6.45, 7) is 3.32. The van der Waals surface area contributed by atoms with E-state index in [1.807, 2.05) is 33.5 Å². The molecular formula is C15H27N5O2. The second-order valence-electron chi connectivity index (χ2n) is 6.32. The van der Waals surface area contributed by atoms with Gasteiger partial charge in [-0.1, -0.05) is 6.92 Å². The number of likely N-dealkylation sites (N-methyl/N-ethyl adjacent to an activating group) is 1. The lowest BCUT2D eigenvalue weighted by Crippen LogP contribution is -2.47. The smallest absolute Gasteiger partial charge is 0.317 e. The quantitative estimate of drug-likeness (QED) is 0.827. The molecule has 0 unspecified atom stereocenters. The molecule has 2 rings (SSSR count). The Balaban J connectivity index is 1.96. The third-order valence-corrected chi connectivity index (χ3v) is 4.51. The van der Waals surface area contributed by atoms with Crippen LogP contribution in [0.15, 0.2) is 12.4 Å². The standard InChI is InChI=1S/C15H27N5O2/c1-11-5-6-20(14(11)10-21)15(22)16-8-13(18(2)3)12-7-17-19(4)9-12/h7,9,11,13-14,21H,5-6,8,10H2,1-4H3,(H,16,22)/t11-,13-,14-/m1/s1. The summed E-state index contributed by atoms with van der Waals surface area (Å²) in [5.74, 6) is 0.346. The minimum absolute atomic E-state index is 0.0221. The van der Waals surface area contributed by atoms with E-state index in [9.17, 15) is 9.90 Å². The minimum atomic E-state index is -0.0980. The van der Waals surface area contributed by atoms with E-state index in [0.29, 0.717) is 19.0 Å². The summed E-state index contributed by atoms with van der Waals surface area (Å²) in [6.07, 6.45) is 4.73. The van der Waals surface area contributed by atoms with Crippen LogP contribution in [0.1, 0.15) is 24.9 Å². The van der Waals surface area contributed by atoms with Crippen molar-refractivity contribution in [2.24, 2.45) is 13.0 Å². The van der Waals surface area contributed by atoms with E-state index in [1.165, 1.54) is 0 Å². The topological polar surface area (TPSA) is 73.6 Å². The Morgan fingerprint density at radius 3 is 2.86 bits per heavy atom. The van der Waals surface area contributed by atoms with Crippen LogP contribution in [0.4, 0.5) is 4.79 Å². The Hall–Kier alpha value is -1.60. The van der Waals surface area contributed by atoms with E-state index in [1.54, 1.807) is 9.58 Å². The van der Waals surface area contributed by atoms with Crippen molar-refractivity contribution >= 4 is 6.03 Å². The molecule has 7 nitrogen and oxygen atoms in total. The van der Waals surface area contributed by atoms with Crippen molar-refractivity contribution in [1.82, 2.24) is 24.9 Å². The number of hydrogen-bond acceptors (Lipinski definition) is 4. The van der Waals surface area contributed by atoms with Crippen molar-refractivity contribution in [1.29, 1.82) is 0 Å². The third kappa shape index (κ3) is 3.59. The normalized spacial score (nSPS) is 23.1. The zero-order valence-electron chi connectivity index (χ0n) is 13.9. The van der Waals surface area contributed by atoms with Crippen LogP contribution in [-0.2, 0) is 7.05 Å². The van der Waals surface area contributed by atoms with Gasteiger partial charge in [0.2, 0.25) is 0 Å². The van der Waals surface area contributed by atoms with E-state index in [0.717, 1.165) is 12.0 Å². The fourth-order valence-corrected chi connectivity index (χ4v) is 3.04. The number of amides is 2. The van der Waals surface area contributed by atoms with E-state index < -0.39 is 0 Å². The second kappa shape index (κ2) is 7.11. The number of likely N-dealkylation sites (tertiary alicyclic amines) is 1. The first kappa shape index (κ1) is 16.8. The molecule has 0 radical (unpaired) electrons. The molecule has 1 fully saturated rings. The summed E-state index contributed by atoms with van der Waals surface area (Å²) in [6, 6.07) is -0.0967. The molecule has 22 heavy (non-hydrogen) atoms. The van der Waals surface area contributed by atoms with Crippen LogP contribution in [-0.4, -0.2) is 70.6 Å². The molecule has 2 N–H and O–H groups in total. The summed E-state index contributed by atoms with van der Waals surface area (Å²) in [4.78, 5) is 16.2. The monoisotopic (exact) mass is 309 g/mol. The fraction of sp³-hybridized carbons (Fsp3) is 0.733. The van der Waals surface area contributed by atoms with Gasteiger partial charge in [0.1, 0.15) is 0 Å². The summed E-state index contributed by atoms with van der Waals surface area (Å²) in [5.41, 5.74) is 1.07. The highest BCUT2D eigenvalue weighted by molar-refractivity contribution is 5.75. The number of rotatable bonds is 5. The predicted octanol–water partition coefficient (Wildman–Crippen LogP) is 0.435. The molecule has 0 spiro atoms. The molecule has 0 bridgehead atoms. The van der Waals surface area contributed by atoms with Crippen LogP contribution < -0.4 is 5.32 Å². The van der Waals surface area contributed by atoms with Crippen molar-refractivity contribution in [3.05, 3.63) is 18.0 Å². The molecule has 1 aromatic rings. The van der Waals surface area contributed by atoms with Crippen molar-refractivity contribution in [3.63, 3.8) is 0 Å². The minimum Gasteiger partial charge on any atom is -0.394 e. The Kier molecular flexibility index (Phi) is 5.42. The Morgan fingerprint density at radius 1 is 1.59 bits per heavy atom. The maximum atomic E-state index is 12.4. The fourth-order valence-electron chi connectivity index (χ4n) is 3.04. The van der Waals surface area contributed by atoms with Crippen molar-refractivity contribution in [2.75, 3.05) is 33.8 Å². The van der Waals surface area contributed by atoms with Gasteiger partial charge in [-0.15, -0.1) is 0 Å². The molecule has 0 aromatic carbocycles. The molecule has 0 saturated carbocycles. The number of aliphatic hydroxyl groups is 1. The molecule has 2 amide bonds. The van der Waals surface area contributed by atoms with E-state index in [2.05, 4.69) is 22.2 Å². The highest BCUT2D eigenvalue weighted by Crippen LogP contribution is 2.23. The Morgan fingerprint density at radius 2 is 2.32 bits per heavy atom. The van der Waals surface area contributed by atoms with Crippen molar-refractivity contribution in [2.45, 2.75) is 25.4 Å². The highest BCUT2D eigenvalue weighted by Gasteiger charge is 2.34. The molecule has 1 aliphatic heterocycles. The molecule has 7 heteroatoms. The third-order valence-electron chi connectivity index (χ3n) is 4.51. The van der Waals surface area contributed by atoms with Gasteiger partial charge in [-0.3, -0.25) is 4.68 Å². The zero-order chi connectivity index (χ0) is 16.3. The molecule has 0 aliphatic carbocycles. The maximum absolute atomic E-state index is 12.4. The van der Waals surface area contributed by atoms with Crippen molar-refractivity contribution in [3.8, 4) is 0 Å². The lowest BCUT2D eigenvalue weighted by Gasteiger charge is -2.28. The summed E-state index contributed by atoms with van der Waals surface area (Å²) in [5, 5.41) is 16.7. The van der Waals surface area contributed by atoms with E-state index >= 15 is 0 Å². The molecule has 1 saturated heterocycles. The van der Waals surface area contributed by atoms with Gasteiger partial charge < -0.3 is 20.2 Å². The summed E-state index contributed by atoms with van der Waals surface area (Å²) < 4.78 is 1.76. The van der Waals surface area contributed by atoms with Crippen molar-refractivity contribution < 1.29 is 9.90 Å². The highest BCUT2D eigenvalue weighted by atomic mass is 16.3. The van der Waals surface area contributed by atoms with Crippen LogP contribution >= 0.6 is 0 Å². The summed E-state index contributed by atoms with van der Waals surface area (Å²) >= 11 is 0. The van der Waals surface area contributed by atoms with Gasteiger partial charge in [0.25, 0.3) is 0 Å². The number of carbonyl (C=O) groups is 1. The lowest BCUT2D eigenvalue weighted by atomic mass is 10.0. The number of nitrogens with one attached hydrogen (secondary N) is 1. The molecule has 1 aromatic heterocycles. The number of aliphatic hydroxyl groups excluding tert-OH is 1. The average molecular weight is 309 g/mol. The van der Waals surface area contributed by atoms with Crippen LogP contribution in [0.25, 0.3) is 0 Å². The van der Waals surface area contributed by atoms with Gasteiger partial charge in [-0.25, -0.2) is 4.79 Å². The first-order valence-corrected chi connectivity index (χ1v) is 7.74. The number of aromatic nitrogens is 2. The van der Waals surface area contributed by atoms with E-state index in [4.69, 9.17) is 0 Å². The van der Waals surface area contributed by atoms with Gasteiger partial charge in [-0.05, 0) is 26.4 Å². The first-order chi connectivity index (χ1) is 10.4. The lowest BCUT2D eigenvalue weighted by molar-refractivity contribution is 0.142. The first-order valence-electron chi connectivity index (χ1n) is 7.74. The molecule has 3 atom stereocenters. The molecule has 124 valence electrons. The number of nitrogens with zero attached hydrogens (tertiary/aromatic N) is 4. The van der Waals surface area contributed by atoms with Gasteiger partial charge in [0.05, 0.1) is 24.9 Å². The second-order valence-corrected chi connectivity index (χ2v) is 6.32.